The fourth-order valence-corrected chi connectivity index (χ4v) is 2.01. The zero-order chi connectivity index (χ0) is 10.3. The van der Waals surface area contributed by atoms with Gasteiger partial charge in [0.25, 0.3) is 0 Å². The summed E-state index contributed by atoms with van der Waals surface area (Å²) in [5.74, 6) is 0. The average Bonchev–Trinajstić information content (AvgIpc) is 2.27. The van der Waals surface area contributed by atoms with Crippen LogP contribution in [0.25, 0.3) is 16.3 Å². The lowest BCUT2D eigenvalue weighted by Gasteiger charge is -1.99. The molecule has 0 bridgehead atoms. The van der Waals surface area contributed by atoms with E-state index in [4.69, 9.17) is 0 Å². The van der Waals surface area contributed by atoms with Crippen molar-refractivity contribution in [1.82, 2.24) is 0 Å². The van der Waals surface area contributed by atoms with Crippen LogP contribution in [-0.4, -0.2) is 0 Å². The molecular weight excluding hydrogens is 182 g/mol. The highest BCUT2D eigenvalue weighted by molar-refractivity contribution is 5.86. The van der Waals surface area contributed by atoms with E-state index in [1.165, 1.54) is 21.9 Å². The normalized spacial score (nSPS) is 11.0. The highest BCUT2D eigenvalue weighted by Crippen LogP contribution is 2.17. The number of benzene rings is 1. The Bertz CT molecular complexity index is 641. The van der Waals surface area contributed by atoms with Gasteiger partial charge in [0, 0.05) is 23.6 Å². The van der Waals surface area contributed by atoms with Crippen molar-refractivity contribution in [2.75, 3.05) is 0 Å². The third kappa shape index (κ3) is 1.28. The molecule has 0 radical (unpaired) electrons. The van der Waals surface area contributed by atoms with E-state index in [2.05, 4.69) is 66.2 Å². The lowest BCUT2D eigenvalue weighted by molar-refractivity contribution is -0.510. The summed E-state index contributed by atoms with van der Waals surface area (Å²) in [4.78, 5) is 0. The Hall–Kier alpha value is -1.89. The third-order valence-electron chi connectivity index (χ3n) is 2.85. The standard InChI is InChI=1S/C14H12N/c1-11-5-4-6-12-9-13-7-2-3-8-15(13)10-14(11)12/h2-10H,1H3/q+1. The summed E-state index contributed by atoms with van der Waals surface area (Å²) in [5.41, 5.74) is 2.56. The van der Waals surface area contributed by atoms with Crippen molar-refractivity contribution in [3.8, 4) is 0 Å². The Kier molecular flexibility index (Phi) is 1.72. The number of nitrogens with zero attached hydrogens (tertiary/aromatic N) is 1. The Labute approximate surface area is 88.6 Å². The number of aromatic nitrogens is 1. The van der Waals surface area contributed by atoms with Gasteiger partial charge in [-0.05, 0) is 23.9 Å². The number of pyridine rings is 2. The van der Waals surface area contributed by atoms with Crippen molar-refractivity contribution in [1.29, 1.82) is 0 Å². The van der Waals surface area contributed by atoms with E-state index in [9.17, 15) is 0 Å². The molecule has 0 spiro atoms. The predicted molar refractivity (Wildman–Crippen MR) is 61.8 cm³/mol. The van der Waals surface area contributed by atoms with Crippen LogP contribution >= 0.6 is 0 Å². The van der Waals surface area contributed by atoms with Gasteiger partial charge in [-0.1, -0.05) is 18.2 Å². The molecule has 0 fully saturated rings. The summed E-state index contributed by atoms with van der Waals surface area (Å²) in [6, 6.07) is 14.9. The predicted octanol–water partition coefficient (Wildman–Crippen LogP) is 2.89. The van der Waals surface area contributed by atoms with Crippen LogP contribution in [0.4, 0.5) is 0 Å². The summed E-state index contributed by atoms with van der Waals surface area (Å²) in [6.45, 7) is 2.15. The molecule has 0 aliphatic carbocycles. The van der Waals surface area contributed by atoms with Gasteiger partial charge in [-0.2, -0.15) is 4.40 Å². The molecule has 0 unspecified atom stereocenters. The van der Waals surface area contributed by atoms with Gasteiger partial charge >= 0.3 is 0 Å². The zero-order valence-electron chi connectivity index (χ0n) is 8.64. The average molecular weight is 194 g/mol. The van der Waals surface area contributed by atoms with Crippen molar-refractivity contribution in [3.63, 3.8) is 0 Å². The summed E-state index contributed by atoms with van der Waals surface area (Å²) < 4.78 is 2.16. The Balaban J connectivity index is 2.53. The lowest BCUT2D eigenvalue weighted by atomic mass is 10.1. The second-order valence-corrected chi connectivity index (χ2v) is 3.88. The molecular formula is C14H12N+. The van der Waals surface area contributed by atoms with Crippen molar-refractivity contribution in [3.05, 3.63) is 60.4 Å². The van der Waals surface area contributed by atoms with Crippen LogP contribution in [0.1, 0.15) is 5.56 Å². The maximum atomic E-state index is 2.22. The molecule has 1 nitrogen and oxygen atoms in total. The summed E-state index contributed by atoms with van der Waals surface area (Å²) in [6.07, 6.45) is 4.28. The lowest BCUT2D eigenvalue weighted by Crippen LogP contribution is -2.19. The minimum atomic E-state index is 1.23. The minimum absolute atomic E-state index is 1.23. The molecule has 0 saturated carbocycles. The maximum absolute atomic E-state index is 2.22. The van der Waals surface area contributed by atoms with Crippen molar-refractivity contribution in [2.24, 2.45) is 0 Å². The summed E-state index contributed by atoms with van der Waals surface area (Å²) >= 11 is 0. The minimum Gasteiger partial charge on any atom is -0.167 e. The fraction of sp³-hybridized carbons (Fsp3) is 0.0714. The third-order valence-corrected chi connectivity index (χ3v) is 2.85. The van der Waals surface area contributed by atoms with E-state index in [1.54, 1.807) is 0 Å². The van der Waals surface area contributed by atoms with Crippen molar-refractivity contribution >= 4 is 16.3 Å². The number of rotatable bonds is 0. The second-order valence-electron chi connectivity index (χ2n) is 3.88. The SMILES string of the molecule is Cc1cccc2cc3cccc[n+]3cc12. The molecule has 3 aromatic rings. The first-order chi connectivity index (χ1) is 7.34. The van der Waals surface area contributed by atoms with Gasteiger partial charge in [-0.15, -0.1) is 0 Å². The smallest absolute Gasteiger partial charge is 0.167 e. The van der Waals surface area contributed by atoms with E-state index in [0.717, 1.165) is 0 Å². The number of aryl methyl sites for hydroxylation is 1. The monoisotopic (exact) mass is 194 g/mol. The second kappa shape index (κ2) is 3.06. The van der Waals surface area contributed by atoms with E-state index in [0.29, 0.717) is 0 Å². The first-order valence-electron chi connectivity index (χ1n) is 5.14. The molecule has 0 N–H and O–H groups in total. The van der Waals surface area contributed by atoms with Gasteiger partial charge in [0.15, 0.2) is 12.4 Å². The van der Waals surface area contributed by atoms with Crippen LogP contribution in [0.3, 0.4) is 0 Å². The van der Waals surface area contributed by atoms with Gasteiger partial charge in [0.2, 0.25) is 5.52 Å². The maximum Gasteiger partial charge on any atom is 0.211 e. The van der Waals surface area contributed by atoms with Crippen LogP contribution < -0.4 is 4.40 Å². The summed E-state index contributed by atoms with van der Waals surface area (Å²) in [5, 5.41) is 2.63. The quantitative estimate of drug-likeness (QED) is 0.383. The molecule has 2 aromatic heterocycles. The Morgan fingerprint density at radius 2 is 1.93 bits per heavy atom. The van der Waals surface area contributed by atoms with Crippen LogP contribution in [0, 0.1) is 6.92 Å². The number of hydrogen-bond acceptors (Lipinski definition) is 0. The van der Waals surface area contributed by atoms with Crippen LogP contribution in [0.2, 0.25) is 0 Å². The largest absolute Gasteiger partial charge is 0.211 e. The molecule has 0 saturated heterocycles. The fourth-order valence-electron chi connectivity index (χ4n) is 2.01. The van der Waals surface area contributed by atoms with E-state index in [-0.39, 0.29) is 0 Å². The van der Waals surface area contributed by atoms with Crippen molar-refractivity contribution < 1.29 is 4.40 Å². The van der Waals surface area contributed by atoms with Gasteiger partial charge in [0.1, 0.15) is 0 Å². The molecule has 72 valence electrons. The molecule has 0 atom stereocenters. The molecule has 2 heterocycles. The molecule has 0 aliphatic heterocycles. The highest BCUT2D eigenvalue weighted by atomic mass is 14.8. The van der Waals surface area contributed by atoms with Gasteiger partial charge in [-0.25, -0.2) is 0 Å². The Morgan fingerprint density at radius 1 is 1.00 bits per heavy atom. The van der Waals surface area contributed by atoms with E-state index < -0.39 is 0 Å². The molecule has 0 aliphatic rings. The number of hydrogen-bond donors (Lipinski definition) is 0. The number of fused-ring (bicyclic) bond motifs is 2. The Morgan fingerprint density at radius 3 is 2.87 bits per heavy atom. The summed E-state index contributed by atoms with van der Waals surface area (Å²) in [7, 11) is 0. The van der Waals surface area contributed by atoms with Crippen LogP contribution in [0.15, 0.2) is 54.9 Å². The van der Waals surface area contributed by atoms with E-state index >= 15 is 0 Å². The van der Waals surface area contributed by atoms with Crippen LogP contribution in [-0.2, 0) is 0 Å². The van der Waals surface area contributed by atoms with Gasteiger partial charge < -0.3 is 0 Å². The van der Waals surface area contributed by atoms with Crippen molar-refractivity contribution in [2.45, 2.75) is 6.92 Å². The first kappa shape index (κ1) is 8.42. The first-order valence-corrected chi connectivity index (χ1v) is 5.14. The molecule has 1 heteroatoms. The van der Waals surface area contributed by atoms with Crippen LogP contribution in [0.5, 0.6) is 0 Å². The topological polar surface area (TPSA) is 4.10 Å². The van der Waals surface area contributed by atoms with E-state index in [1.807, 2.05) is 0 Å². The molecule has 0 amide bonds. The molecule has 3 rings (SSSR count). The van der Waals surface area contributed by atoms with Gasteiger partial charge in [0.05, 0.1) is 0 Å². The molecule has 1 aromatic carbocycles. The molecule has 15 heavy (non-hydrogen) atoms. The highest BCUT2D eigenvalue weighted by Gasteiger charge is 2.05. The zero-order valence-corrected chi connectivity index (χ0v) is 8.64. The van der Waals surface area contributed by atoms with Gasteiger partial charge in [-0.3, -0.25) is 0 Å².